The number of hydrogen-bond acceptors (Lipinski definition) is 5. The number of amides is 1. The molecule has 0 atom stereocenters. The molecule has 0 spiro atoms. The molecule has 0 fully saturated rings. The Morgan fingerprint density at radius 3 is 2.55 bits per heavy atom. The molecule has 0 saturated carbocycles. The normalized spacial score (nSPS) is 10.7. The lowest BCUT2D eigenvalue weighted by Gasteiger charge is -2.11. The number of aromatic nitrogens is 1. The molecule has 3 aromatic rings. The molecule has 6 heteroatoms. The van der Waals surface area contributed by atoms with E-state index in [1.165, 1.54) is 6.08 Å². The Hall–Kier alpha value is -3.93. The zero-order valence-corrected chi connectivity index (χ0v) is 17.7. The Bertz CT molecular complexity index is 1110. The average molecular weight is 416 g/mol. The lowest BCUT2D eigenvalue weighted by Crippen LogP contribution is -2.11. The third-order valence-corrected chi connectivity index (χ3v) is 4.74. The van der Waals surface area contributed by atoms with Gasteiger partial charge in [0.05, 0.1) is 14.2 Å². The fraction of sp³-hybridized carbons (Fsp3) is 0.160. The van der Waals surface area contributed by atoms with Gasteiger partial charge in [-0.1, -0.05) is 24.3 Å². The molecule has 158 valence electrons. The Morgan fingerprint density at radius 1 is 1.03 bits per heavy atom. The highest BCUT2D eigenvalue weighted by Gasteiger charge is 2.12. The monoisotopic (exact) mass is 416 g/mol. The zero-order valence-electron chi connectivity index (χ0n) is 17.7. The van der Waals surface area contributed by atoms with Crippen LogP contribution >= 0.6 is 0 Å². The van der Waals surface area contributed by atoms with Crippen molar-refractivity contribution in [3.63, 3.8) is 0 Å². The first kappa shape index (κ1) is 21.8. The summed E-state index contributed by atoms with van der Waals surface area (Å²) in [5.41, 5.74) is 3.62. The molecule has 31 heavy (non-hydrogen) atoms. The molecular weight excluding hydrogens is 392 g/mol. The molecule has 0 bridgehead atoms. The number of anilines is 1. The van der Waals surface area contributed by atoms with E-state index in [-0.39, 0.29) is 18.1 Å². The number of ketones is 1. The molecule has 0 aliphatic rings. The molecule has 0 aliphatic heterocycles. The highest BCUT2D eigenvalue weighted by atomic mass is 16.5. The van der Waals surface area contributed by atoms with Gasteiger partial charge in [0.2, 0.25) is 5.91 Å². The summed E-state index contributed by atoms with van der Waals surface area (Å²) in [5, 5.41) is 2.84. The Labute approximate surface area is 181 Å². The van der Waals surface area contributed by atoms with Gasteiger partial charge in [-0.05, 0) is 54.0 Å². The van der Waals surface area contributed by atoms with Crippen molar-refractivity contribution >= 4 is 23.5 Å². The standard InChI is InChI=1S/C25H24N2O4/c1-17-6-9-20(22(28)13-19-7-10-23(30-2)24(14-19)31-3)15-21(17)27-25(29)11-8-18-5-4-12-26-16-18/h4-12,14-16H,13H2,1-3H3,(H,27,29)/b11-8+. The van der Waals surface area contributed by atoms with Crippen molar-refractivity contribution in [2.75, 3.05) is 19.5 Å². The van der Waals surface area contributed by atoms with Gasteiger partial charge in [0.1, 0.15) is 0 Å². The van der Waals surface area contributed by atoms with Gasteiger partial charge in [0.25, 0.3) is 0 Å². The lowest BCUT2D eigenvalue weighted by atomic mass is 10.0. The van der Waals surface area contributed by atoms with E-state index >= 15 is 0 Å². The lowest BCUT2D eigenvalue weighted by molar-refractivity contribution is -0.111. The van der Waals surface area contributed by atoms with Crippen LogP contribution in [0.5, 0.6) is 11.5 Å². The number of hydrogen-bond donors (Lipinski definition) is 1. The maximum absolute atomic E-state index is 12.8. The summed E-state index contributed by atoms with van der Waals surface area (Å²) in [4.78, 5) is 29.1. The first-order valence-electron chi connectivity index (χ1n) is 9.74. The van der Waals surface area contributed by atoms with Crippen molar-refractivity contribution in [2.45, 2.75) is 13.3 Å². The summed E-state index contributed by atoms with van der Waals surface area (Å²) in [7, 11) is 3.12. The number of pyridine rings is 1. The number of rotatable bonds is 8. The molecule has 1 amide bonds. The van der Waals surface area contributed by atoms with E-state index in [0.29, 0.717) is 22.7 Å². The van der Waals surface area contributed by atoms with Crippen molar-refractivity contribution in [3.8, 4) is 11.5 Å². The third-order valence-electron chi connectivity index (χ3n) is 4.74. The van der Waals surface area contributed by atoms with Gasteiger partial charge in [-0.2, -0.15) is 0 Å². The van der Waals surface area contributed by atoms with Crippen molar-refractivity contribution in [1.29, 1.82) is 0 Å². The fourth-order valence-electron chi connectivity index (χ4n) is 3.03. The minimum atomic E-state index is -0.281. The minimum absolute atomic E-state index is 0.0615. The predicted molar refractivity (Wildman–Crippen MR) is 121 cm³/mol. The van der Waals surface area contributed by atoms with Crippen molar-refractivity contribution < 1.29 is 19.1 Å². The number of carbonyl (C=O) groups excluding carboxylic acids is 2. The Kier molecular flexibility index (Phi) is 7.17. The summed E-state index contributed by atoms with van der Waals surface area (Å²) in [6.07, 6.45) is 6.67. The van der Waals surface area contributed by atoms with Crippen LogP contribution in [0.3, 0.4) is 0 Å². The summed E-state index contributed by atoms with van der Waals surface area (Å²) in [5.74, 6) is 0.841. The number of nitrogens with zero attached hydrogens (tertiary/aromatic N) is 1. The highest BCUT2D eigenvalue weighted by molar-refractivity contribution is 6.04. The van der Waals surface area contributed by atoms with Crippen molar-refractivity contribution in [3.05, 3.63) is 89.3 Å². The van der Waals surface area contributed by atoms with Gasteiger partial charge in [-0.25, -0.2) is 0 Å². The van der Waals surface area contributed by atoms with E-state index in [1.54, 1.807) is 63.0 Å². The Morgan fingerprint density at radius 2 is 1.84 bits per heavy atom. The molecule has 3 rings (SSSR count). The van der Waals surface area contributed by atoms with Crippen LogP contribution in [-0.4, -0.2) is 30.9 Å². The van der Waals surface area contributed by atoms with Gasteiger partial charge < -0.3 is 14.8 Å². The summed E-state index contributed by atoms with van der Waals surface area (Å²) in [6, 6.07) is 14.3. The second-order valence-electron chi connectivity index (χ2n) is 6.93. The number of methoxy groups -OCH3 is 2. The molecule has 0 saturated heterocycles. The molecule has 1 N–H and O–H groups in total. The third kappa shape index (κ3) is 5.79. The van der Waals surface area contributed by atoms with Crippen LogP contribution < -0.4 is 14.8 Å². The largest absolute Gasteiger partial charge is 0.493 e. The molecule has 1 aromatic heterocycles. The summed E-state index contributed by atoms with van der Waals surface area (Å²) < 4.78 is 10.5. The number of carbonyl (C=O) groups is 2. The summed E-state index contributed by atoms with van der Waals surface area (Å²) >= 11 is 0. The number of aryl methyl sites for hydroxylation is 1. The first-order chi connectivity index (χ1) is 15.0. The van der Waals surface area contributed by atoms with E-state index in [2.05, 4.69) is 10.3 Å². The van der Waals surface area contributed by atoms with Gasteiger partial charge in [0, 0.05) is 36.1 Å². The smallest absolute Gasteiger partial charge is 0.248 e. The second-order valence-corrected chi connectivity index (χ2v) is 6.93. The zero-order chi connectivity index (χ0) is 22.2. The fourth-order valence-corrected chi connectivity index (χ4v) is 3.03. The first-order valence-corrected chi connectivity index (χ1v) is 9.74. The van der Waals surface area contributed by atoms with Crippen LogP contribution in [0.4, 0.5) is 5.69 Å². The van der Waals surface area contributed by atoms with Crippen LogP contribution in [0.15, 0.2) is 67.0 Å². The van der Waals surface area contributed by atoms with E-state index in [1.807, 2.05) is 25.1 Å². The average Bonchev–Trinajstić information content (AvgIpc) is 2.79. The molecule has 0 aliphatic carbocycles. The van der Waals surface area contributed by atoms with E-state index < -0.39 is 0 Å². The highest BCUT2D eigenvalue weighted by Crippen LogP contribution is 2.28. The van der Waals surface area contributed by atoms with Gasteiger partial charge in [0.15, 0.2) is 17.3 Å². The van der Waals surface area contributed by atoms with Gasteiger partial charge in [-0.3, -0.25) is 14.6 Å². The molecule has 2 aromatic carbocycles. The number of benzene rings is 2. The minimum Gasteiger partial charge on any atom is -0.493 e. The molecule has 6 nitrogen and oxygen atoms in total. The van der Waals surface area contributed by atoms with Gasteiger partial charge in [-0.15, -0.1) is 0 Å². The van der Waals surface area contributed by atoms with Gasteiger partial charge >= 0.3 is 0 Å². The SMILES string of the molecule is COc1ccc(CC(=O)c2ccc(C)c(NC(=O)/C=C/c3cccnc3)c2)cc1OC. The topological polar surface area (TPSA) is 77.5 Å². The number of Topliss-reactive ketones (excluding diaryl/α,β-unsaturated/α-hetero) is 1. The number of nitrogens with one attached hydrogen (secondary N) is 1. The molecule has 1 heterocycles. The van der Waals surface area contributed by atoms with Crippen LogP contribution in [-0.2, 0) is 11.2 Å². The van der Waals surface area contributed by atoms with Crippen LogP contribution in [0.1, 0.15) is 27.0 Å². The quantitative estimate of drug-likeness (QED) is 0.433. The maximum atomic E-state index is 12.8. The van der Waals surface area contributed by atoms with E-state index in [9.17, 15) is 9.59 Å². The molecule has 0 radical (unpaired) electrons. The van der Waals surface area contributed by atoms with Crippen LogP contribution in [0.25, 0.3) is 6.08 Å². The summed E-state index contributed by atoms with van der Waals surface area (Å²) in [6.45, 7) is 1.88. The second kappa shape index (κ2) is 10.2. The van der Waals surface area contributed by atoms with Crippen LogP contribution in [0, 0.1) is 6.92 Å². The maximum Gasteiger partial charge on any atom is 0.248 e. The van der Waals surface area contributed by atoms with E-state index in [4.69, 9.17) is 9.47 Å². The van der Waals surface area contributed by atoms with Crippen LogP contribution in [0.2, 0.25) is 0 Å². The molecule has 0 unspecified atom stereocenters. The predicted octanol–water partition coefficient (Wildman–Crippen LogP) is 4.48. The number of ether oxygens (including phenoxy) is 2. The van der Waals surface area contributed by atoms with Crippen molar-refractivity contribution in [1.82, 2.24) is 4.98 Å². The molecular formula is C25H24N2O4. The van der Waals surface area contributed by atoms with Crippen molar-refractivity contribution in [2.24, 2.45) is 0 Å². The van der Waals surface area contributed by atoms with E-state index in [0.717, 1.165) is 16.7 Å². The Balaban J connectivity index is 1.72.